The Bertz CT molecular complexity index is 358. The van der Waals surface area contributed by atoms with Crippen molar-refractivity contribution in [3.63, 3.8) is 0 Å². The Hall–Kier alpha value is -1.06. The van der Waals surface area contributed by atoms with Crippen molar-refractivity contribution in [1.82, 2.24) is 10.6 Å². The molecule has 0 aromatic carbocycles. The van der Waals surface area contributed by atoms with Gasteiger partial charge in [-0.05, 0) is 57.3 Å². The summed E-state index contributed by atoms with van der Waals surface area (Å²) in [5, 5.41) is 6.05. The first-order chi connectivity index (χ1) is 10.9. The number of amides is 2. The molecule has 23 heavy (non-hydrogen) atoms. The monoisotopic (exact) mass is 324 g/mol. The van der Waals surface area contributed by atoms with Gasteiger partial charge in [-0.25, -0.2) is 0 Å². The third kappa shape index (κ3) is 9.62. The maximum absolute atomic E-state index is 11.8. The van der Waals surface area contributed by atoms with Crippen molar-refractivity contribution in [1.29, 1.82) is 0 Å². The lowest BCUT2D eigenvalue weighted by molar-refractivity contribution is -0.122. The van der Waals surface area contributed by atoms with E-state index in [0.717, 1.165) is 19.4 Å². The molecule has 0 aromatic rings. The molecule has 1 aliphatic rings. The zero-order valence-electron chi connectivity index (χ0n) is 15.5. The average Bonchev–Trinajstić information content (AvgIpc) is 2.49. The molecule has 0 aromatic heterocycles. The molecule has 1 saturated carbocycles. The molecule has 0 radical (unpaired) electrons. The topological polar surface area (TPSA) is 58.2 Å². The minimum atomic E-state index is 0.180. The second-order valence-electron chi connectivity index (χ2n) is 7.88. The molecule has 1 fully saturated rings. The van der Waals surface area contributed by atoms with Crippen molar-refractivity contribution in [2.24, 2.45) is 17.8 Å². The molecular formula is C19H36N2O2. The summed E-state index contributed by atoms with van der Waals surface area (Å²) in [6, 6.07) is 0.234. The van der Waals surface area contributed by atoms with E-state index in [2.05, 4.69) is 24.5 Å². The summed E-state index contributed by atoms with van der Waals surface area (Å²) in [5.41, 5.74) is 0. The molecule has 0 unspecified atom stereocenters. The third-order valence-electron chi connectivity index (χ3n) is 4.73. The minimum Gasteiger partial charge on any atom is -0.356 e. The van der Waals surface area contributed by atoms with Gasteiger partial charge in [0, 0.05) is 25.4 Å². The largest absolute Gasteiger partial charge is 0.356 e. The molecule has 0 atom stereocenters. The van der Waals surface area contributed by atoms with Gasteiger partial charge in [-0.15, -0.1) is 0 Å². The predicted octanol–water partition coefficient (Wildman–Crippen LogP) is 3.65. The van der Waals surface area contributed by atoms with Crippen LogP contribution in [-0.4, -0.2) is 24.4 Å². The van der Waals surface area contributed by atoms with Crippen molar-refractivity contribution < 1.29 is 9.59 Å². The number of carbonyl (C=O) groups is 2. The van der Waals surface area contributed by atoms with Crippen molar-refractivity contribution in [2.75, 3.05) is 6.54 Å². The Balaban J connectivity index is 2.11. The van der Waals surface area contributed by atoms with E-state index in [0.29, 0.717) is 30.6 Å². The molecular weight excluding hydrogens is 288 g/mol. The Morgan fingerprint density at radius 1 is 0.913 bits per heavy atom. The van der Waals surface area contributed by atoms with Crippen LogP contribution in [-0.2, 0) is 9.59 Å². The van der Waals surface area contributed by atoms with Crippen molar-refractivity contribution in [3.8, 4) is 0 Å². The molecule has 134 valence electrons. The Morgan fingerprint density at radius 3 is 2.09 bits per heavy atom. The van der Waals surface area contributed by atoms with Crippen molar-refractivity contribution >= 4 is 11.8 Å². The zero-order valence-corrected chi connectivity index (χ0v) is 15.5. The maximum Gasteiger partial charge on any atom is 0.220 e. The average molecular weight is 325 g/mol. The van der Waals surface area contributed by atoms with E-state index in [-0.39, 0.29) is 17.9 Å². The predicted molar refractivity (Wildman–Crippen MR) is 95.0 cm³/mol. The summed E-state index contributed by atoms with van der Waals surface area (Å²) in [7, 11) is 0. The van der Waals surface area contributed by atoms with E-state index >= 15 is 0 Å². The lowest BCUT2D eigenvalue weighted by Crippen LogP contribution is -2.32. The van der Waals surface area contributed by atoms with Gasteiger partial charge in [-0.2, -0.15) is 0 Å². The highest BCUT2D eigenvalue weighted by molar-refractivity contribution is 5.76. The summed E-state index contributed by atoms with van der Waals surface area (Å²) >= 11 is 0. The van der Waals surface area contributed by atoms with Crippen LogP contribution in [0.5, 0.6) is 0 Å². The fourth-order valence-corrected chi connectivity index (χ4v) is 3.22. The van der Waals surface area contributed by atoms with Crippen LogP contribution in [0.15, 0.2) is 0 Å². The number of rotatable bonds is 9. The molecule has 4 heteroatoms. The number of hydrogen-bond donors (Lipinski definition) is 2. The second-order valence-corrected chi connectivity index (χ2v) is 7.88. The zero-order chi connectivity index (χ0) is 17.2. The molecule has 4 nitrogen and oxygen atoms in total. The Kier molecular flexibility index (Phi) is 9.27. The van der Waals surface area contributed by atoms with Crippen LogP contribution < -0.4 is 10.6 Å². The molecule has 2 amide bonds. The SMILES string of the molecule is CC(C)CCC(=O)NCC1CCC(CCC(=O)NC(C)C)CC1. The highest BCUT2D eigenvalue weighted by Gasteiger charge is 2.22. The fraction of sp³-hybridized carbons (Fsp3) is 0.895. The van der Waals surface area contributed by atoms with Crippen LogP contribution in [0.2, 0.25) is 0 Å². The minimum absolute atomic E-state index is 0.180. The van der Waals surface area contributed by atoms with E-state index in [1.165, 1.54) is 25.7 Å². The van der Waals surface area contributed by atoms with E-state index in [1.807, 2.05) is 13.8 Å². The fourth-order valence-electron chi connectivity index (χ4n) is 3.22. The first-order valence-electron chi connectivity index (χ1n) is 9.42. The van der Waals surface area contributed by atoms with Crippen molar-refractivity contribution in [2.45, 2.75) is 85.1 Å². The number of hydrogen-bond acceptors (Lipinski definition) is 2. The number of nitrogens with one attached hydrogen (secondary N) is 2. The summed E-state index contributed by atoms with van der Waals surface area (Å²) < 4.78 is 0. The second kappa shape index (κ2) is 10.7. The molecule has 0 spiro atoms. The highest BCUT2D eigenvalue weighted by Crippen LogP contribution is 2.31. The summed E-state index contributed by atoms with van der Waals surface area (Å²) in [5.74, 6) is 2.27. The number of carbonyl (C=O) groups excluding carboxylic acids is 2. The van der Waals surface area contributed by atoms with Gasteiger partial charge >= 0.3 is 0 Å². The van der Waals surface area contributed by atoms with E-state index in [9.17, 15) is 9.59 Å². The third-order valence-corrected chi connectivity index (χ3v) is 4.73. The van der Waals surface area contributed by atoms with Gasteiger partial charge in [0.05, 0.1) is 0 Å². The van der Waals surface area contributed by atoms with Crippen LogP contribution in [0.3, 0.4) is 0 Å². The van der Waals surface area contributed by atoms with E-state index in [1.54, 1.807) is 0 Å². The van der Waals surface area contributed by atoms with E-state index in [4.69, 9.17) is 0 Å². The lowest BCUT2D eigenvalue weighted by Gasteiger charge is -2.28. The molecule has 0 aliphatic heterocycles. The van der Waals surface area contributed by atoms with Crippen molar-refractivity contribution in [3.05, 3.63) is 0 Å². The van der Waals surface area contributed by atoms with Gasteiger partial charge in [0.25, 0.3) is 0 Å². The summed E-state index contributed by atoms with van der Waals surface area (Å²) in [4.78, 5) is 23.5. The summed E-state index contributed by atoms with van der Waals surface area (Å²) in [6.07, 6.45) is 8.03. The highest BCUT2D eigenvalue weighted by atomic mass is 16.2. The lowest BCUT2D eigenvalue weighted by atomic mass is 9.80. The molecule has 2 N–H and O–H groups in total. The molecule has 1 rings (SSSR count). The van der Waals surface area contributed by atoms with Gasteiger partial charge in [0.15, 0.2) is 0 Å². The van der Waals surface area contributed by atoms with Crippen LogP contribution >= 0.6 is 0 Å². The van der Waals surface area contributed by atoms with E-state index < -0.39 is 0 Å². The first-order valence-corrected chi connectivity index (χ1v) is 9.42. The standard InChI is InChI=1S/C19H36N2O2/c1-14(2)5-11-18(22)20-13-17-8-6-16(7-9-17)10-12-19(23)21-15(3)4/h14-17H,5-13H2,1-4H3,(H,20,22)(H,21,23). The Morgan fingerprint density at radius 2 is 1.52 bits per heavy atom. The molecule has 0 saturated heterocycles. The van der Waals surface area contributed by atoms with Crippen LogP contribution in [0.4, 0.5) is 0 Å². The Labute approximate surface area is 142 Å². The van der Waals surface area contributed by atoms with Gasteiger partial charge in [-0.3, -0.25) is 9.59 Å². The van der Waals surface area contributed by atoms with Gasteiger partial charge in [0.1, 0.15) is 0 Å². The van der Waals surface area contributed by atoms with Gasteiger partial charge < -0.3 is 10.6 Å². The van der Waals surface area contributed by atoms with Gasteiger partial charge in [-0.1, -0.05) is 26.7 Å². The normalized spacial score (nSPS) is 21.5. The van der Waals surface area contributed by atoms with Crippen LogP contribution in [0, 0.1) is 17.8 Å². The van der Waals surface area contributed by atoms with Gasteiger partial charge in [0.2, 0.25) is 11.8 Å². The maximum atomic E-state index is 11.8. The smallest absolute Gasteiger partial charge is 0.220 e. The quantitative estimate of drug-likeness (QED) is 0.680. The molecule has 1 aliphatic carbocycles. The van der Waals surface area contributed by atoms with Crippen LogP contribution in [0.25, 0.3) is 0 Å². The summed E-state index contributed by atoms with van der Waals surface area (Å²) in [6.45, 7) is 9.13. The molecule has 0 heterocycles. The molecule has 0 bridgehead atoms. The van der Waals surface area contributed by atoms with Crippen LogP contribution in [0.1, 0.15) is 79.1 Å². The first kappa shape index (κ1) is 20.0.